The molecule has 7 heteroatoms. The van der Waals surface area contributed by atoms with Gasteiger partial charge in [0.25, 0.3) is 0 Å². The van der Waals surface area contributed by atoms with Gasteiger partial charge in [-0.25, -0.2) is 9.80 Å². The number of hydrogen-bond acceptors (Lipinski definition) is 6. The van der Waals surface area contributed by atoms with Gasteiger partial charge in [-0.3, -0.25) is 10.2 Å². The van der Waals surface area contributed by atoms with Crippen LogP contribution < -0.4 is 11.1 Å². The van der Waals surface area contributed by atoms with Gasteiger partial charge in [0.15, 0.2) is 0 Å². The van der Waals surface area contributed by atoms with Gasteiger partial charge < -0.3 is 13.7 Å². The molecule has 2 aromatic heterocycles. The van der Waals surface area contributed by atoms with Crippen LogP contribution in [0.2, 0.25) is 0 Å². The molecule has 1 aliphatic heterocycles. The minimum atomic E-state index is -0.470. The van der Waals surface area contributed by atoms with E-state index in [0.29, 0.717) is 11.1 Å². The molecule has 0 atom stereocenters. The van der Waals surface area contributed by atoms with Gasteiger partial charge in [0.05, 0.1) is 17.4 Å². The van der Waals surface area contributed by atoms with E-state index < -0.39 is 5.63 Å². The van der Waals surface area contributed by atoms with E-state index in [1.807, 2.05) is 38.8 Å². The number of hydrogen-bond donors (Lipinski definition) is 1. The Balaban J connectivity index is 1.72. The molecule has 29 heavy (non-hydrogen) atoms. The largest absolute Gasteiger partial charge is 0.460 e. The van der Waals surface area contributed by atoms with Gasteiger partial charge in [-0.05, 0) is 57.5 Å². The Labute approximate surface area is 169 Å². The minimum Gasteiger partial charge on any atom is -0.460 e. The number of rotatable bonds is 3. The Bertz CT molecular complexity index is 1170. The monoisotopic (exact) mass is 397 g/mol. The van der Waals surface area contributed by atoms with E-state index >= 15 is 0 Å². The molecule has 3 heterocycles. The maximum absolute atomic E-state index is 12.6. The normalized spacial score (nSPS) is 16.0. The quantitative estimate of drug-likeness (QED) is 0.685. The molecule has 1 N–H and O–H groups in total. The van der Waals surface area contributed by atoms with Crippen LogP contribution in [-0.2, 0) is 11.2 Å². The Hall–Kier alpha value is -2.64. The number of nitrogens with zero attached hydrogens (tertiary/aromatic N) is 2. The number of likely N-dealkylation sites (N-methyl/N-ethyl adjacent to an activating group) is 1. The van der Waals surface area contributed by atoms with Crippen LogP contribution in [0.3, 0.4) is 0 Å². The number of benzene rings is 1. The summed E-state index contributed by atoms with van der Waals surface area (Å²) in [7, 11) is 2.06. The lowest BCUT2D eigenvalue weighted by Crippen LogP contribution is -2.53. The van der Waals surface area contributed by atoms with E-state index in [0.717, 1.165) is 65.0 Å². The SMILES string of the molecule is Cc1oc2c(c(C)cc3oc(=O)c(CC(=O)NN4CCN(C)CC4)c(C)c32)c1C. The smallest absolute Gasteiger partial charge is 0.340 e. The topological polar surface area (TPSA) is 78.9 Å². The van der Waals surface area contributed by atoms with Crippen LogP contribution in [0.4, 0.5) is 0 Å². The molecule has 1 amide bonds. The van der Waals surface area contributed by atoms with Crippen molar-refractivity contribution in [1.29, 1.82) is 0 Å². The van der Waals surface area contributed by atoms with E-state index in [1.54, 1.807) is 0 Å². The first-order chi connectivity index (χ1) is 13.8. The summed E-state index contributed by atoms with van der Waals surface area (Å²) in [6.45, 7) is 11.1. The van der Waals surface area contributed by atoms with Gasteiger partial charge >= 0.3 is 5.63 Å². The third kappa shape index (κ3) is 3.45. The van der Waals surface area contributed by atoms with Crippen LogP contribution in [0.25, 0.3) is 21.9 Å². The molecule has 0 aliphatic carbocycles. The van der Waals surface area contributed by atoms with Crippen molar-refractivity contribution in [2.24, 2.45) is 0 Å². The Kier molecular flexibility index (Phi) is 4.96. The lowest BCUT2D eigenvalue weighted by atomic mass is 9.98. The molecule has 7 nitrogen and oxygen atoms in total. The van der Waals surface area contributed by atoms with Crippen molar-refractivity contribution in [3.05, 3.63) is 44.5 Å². The number of piperazine rings is 1. The highest BCUT2D eigenvalue weighted by Crippen LogP contribution is 2.36. The van der Waals surface area contributed by atoms with Crippen molar-refractivity contribution >= 4 is 27.8 Å². The lowest BCUT2D eigenvalue weighted by Gasteiger charge is -2.32. The van der Waals surface area contributed by atoms with E-state index in [9.17, 15) is 9.59 Å². The number of aryl methyl sites for hydroxylation is 4. The van der Waals surface area contributed by atoms with Crippen LogP contribution in [-0.4, -0.2) is 49.0 Å². The van der Waals surface area contributed by atoms with E-state index in [-0.39, 0.29) is 12.3 Å². The highest BCUT2D eigenvalue weighted by atomic mass is 16.4. The van der Waals surface area contributed by atoms with Crippen LogP contribution in [0.5, 0.6) is 0 Å². The molecule has 1 saturated heterocycles. The molecule has 154 valence electrons. The molecule has 0 saturated carbocycles. The number of fused-ring (bicyclic) bond motifs is 3. The van der Waals surface area contributed by atoms with Gasteiger partial charge in [0.1, 0.15) is 16.9 Å². The van der Waals surface area contributed by atoms with Crippen LogP contribution in [0.1, 0.15) is 28.0 Å². The first-order valence-corrected chi connectivity index (χ1v) is 9.94. The maximum atomic E-state index is 12.6. The number of furan rings is 1. The number of amides is 1. The first-order valence-electron chi connectivity index (χ1n) is 9.94. The second-order valence-electron chi connectivity index (χ2n) is 8.05. The molecule has 0 spiro atoms. The third-order valence-electron chi connectivity index (χ3n) is 6.00. The Morgan fingerprint density at radius 3 is 2.41 bits per heavy atom. The van der Waals surface area contributed by atoms with Crippen molar-refractivity contribution in [1.82, 2.24) is 15.3 Å². The summed E-state index contributed by atoms with van der Waals surface area (Å²) in [6.07, 6.45) is -0.0233. The first kappa shape index (κ1) is 19.7. The number of carbonyl (C=O) groups excluding carboxylic acids is 1. The van der Waals surface area contributed by atoms with Crippen molar-refractivity contribution in [3.63, 3.8) is 0 Å². The van der Waals surface area contributed by atoms with Gasteiger partial charge in [0.2, 0.25) is 5.91 Å². The molecule has 1 fully saturated rings. The number of nitrogens with one attached hydrogen (secondary N) is 1. The van der Waals surface area contributed by atoms with Crippen molar-refractivity contribution < 1.29 is 13.6 Å². The fourth-order valence-electron chi connectivity index (χ4n) is 4.13. The third-order valence-corrected chi connectivity index (χ3v) is 6.00. The molecule has 0 bridgehead atoms. The van der Waals surface area contributed by atoms with Crippen molar-refractivity contribution in [2.75, 3.05) is 33.2 Å². The summed E-state index contributed by atoms with van der Waals surface area (Å²) in [5.41, 5.74) is 6.86. The standard InChI is InChI=1S/C22H27N3O4/c1-12-10-17-20(21-19(12)13(2)15(4)28-21)14(3)16(22(27)29-17)11-18(26)23-25-8-6-24(5)7-9-25/h10H,6-9,11H2,1-5H3,(H,23,26). The molecular formula is C22H27N3O4. The van der Waals surface area contributed by atoms with E-state index in [2.05, 4.69) is 17.4 Å². The van der Waals surface area contributed by atoms with Crippen molar-refractivity contribution in [3.8, 4) is 0 Å². The average molecular weight is 397 g/mol. The van der Waals surface area contributed by atoms with Gasteiger partial charge in [-0.15, -0.1) is 0 Å². The van der Waals surface area contributed by atoms with Gasteiger partial charge in [-0.2, -0.15) is 0 Å². The fraction of sp³-hybridized carbons (Fsp3) is 0.455. The van der Waals surface area contributed by atoms with Crippen LogP contribution in [0, 0.1) is 27.7 Å². The van der Waals surface area contributed by atoms with Gasteiger partial charge in [-0.1, -0.05) is 0 Å². The fourth-order valence-corrected chi connectivity index (χ4v) is 4.13. The zero-order valence-corrected chi connectivity index (χ0v) is 17.6. The highest BCUT2D eigenvalue weighted by Gasteiger charge is 2.22. The Morgan fingerprint density at radius 2 is 1.72 bits per heavy atom. The highest BCUT2D eigenvalue weighted by molar-refractivity contribution is 6.07. The van der Waals surface area contributed by atoms with Gasteiger partial charge in [0, 0.05) is 31.6 Å². The summed E-state index contributed by atoms with van der Waals surface area (Å²) in [4.78, 5) is 27.5. The number of carbonyl (C=O) groups is 1. The van der Waals surface area contributed by atoms with Crippen LogP contribution in [0.15, 0.2) is 19.7 Å². The zero-order valence-electron chi connectivity index (χ0n) is 17.6. The molecule has 1 aliphatic rings. The zero-order chi connectivity index (χ0) is 20.9. The second-order valence-corrected chi connectivity index (χ2v) is 8.05. The molecule has 4 rings (SSSR count). The predicted octanol–water partition coefficient (Wildman–Crippen LogP) is 2.59. The second kappa shape index (κ2) is 7.31. The maximum Gasteiger partial charge on any atom is 0.340 e. The van der Waals surface area contributed by atoms with Crippen molar-refractivity contribution in [2.45, 2.75) is 34.1 Å². The summed E-state index contributed by atoms with van der Waals surface area (Å²) in [5.74, 6) is 0.634. The summed E-state index contributed by atoms with van der Waals surface area (Å²) in [6, 6.07) is 1.88. The molecule has 1 aromatic carbocycles. The summed E-state index contributed by atoms with van der Waals surface area (Å²) >= 11 is 0. The minimum absolute atomic E-state index is 0.0233. The number of hydrazine groups is 1. The summed E-state index contributed by atoms with van der Waals surface area (Å²) < 4.78 is 11.6. The lowest BCUT2D eigenvalue weighted by molar-refractivity contribution is -0.126. The summed E-state index contributed by atoms with van der Waals surface area (Å²) in [5, 5.41) is 3.71. The van der Waals surface area contributed by atoms with E-state index in [1.165, 1.54) is 0 Å². The molecule has 3 aromatic rings. The predicted molar refractivity (Wildman–Crippen MR) is 112 cm³/mol. The Morgan fingerprint density at radius 1 is 1.03 bits per heavy atom. The molecule has 0 unspecified atom stereocenters. The molecule has 0 radical (unpaired) electrons. The van der Waals surface area contributed by atoms with E-state index in [4.69, 9.17) is 8.83 Å². The molecular weight excluding hydrogens is 370 g/mol. The van der Waals surface area contributed by atoms with Crippen LogP contribution >= 0.6 is 0 Å². The average Bonchev–Trinajstić information content (AvgIpc) is 2.95.